The number of thioether (sulfide) groups is 2. The lowest BCUT2D eigenvalue weighted by atomic mass is 10.3. The molecule has 0 saturated carbocycles. The average molecular weight is 251 g/mol. The molecule has 0 heterocycles. The van der Waals surface area contributed by atoms with Gasteiger partial charge in [-0.2, -0.15) is 10.3 Å². The molecule has 1 rings (SSSR count). The fourth-order valence-corrected chi connectivity index (χ4v) is 2.38. The summed E-state index contributed by atoms with van der Waals surface area (Å²) in [7, 11) is 4.01. The first-order valence-corrected chi connectivity index (χ1v) is 6.67. The zero-order chi connectivity index (χ0) is 12.0. The van der Waals surface area contributed by atoms with Gasteiger partial charge in [0.2, 0.25) is 6.19 Å². The standard InChI is InChI=1S/C11H13N3S2/c1-14(2)9-4-6-10(7-5-9)16-11(15-3)13-8-12/h4-7H,1-3H3. The van der Waals surface area contributed by atoms with Crippen molar-refractivity contribution in [3.63, 3.8) is 0 Å². The summed E-state index contributed by atoms with van der Waals surface area (Å²) in [6.07, 6.45) is 3.72. The lowest BCUT2D eigenvalue weighted by Crippen LogP contribution is -2.07. The van der Waals surface area contributed by atoms with Gasteiger partial charge in [0, 0.05) is 24.7 Å². The van der Waals surface area contributed by atoms with Crippen LogP contribution in [0.5, 0.6) is 0 Å². The molecule has 0 spiro atoms. The molecule has 0 aliphatic heterocycles. The summed E-state index contributed by atoms with van der Waals surface area (Å²) < 4.78 is 0.764. The van der Waals surface area contributed by atoms with Crippen LogP contribution >= 0.6 is 23.5 Å². The molecule has 0 saturated heterocycles. The second-order valence-electron chi connectivity index (χ2n) is 3.17. The van der Waals surface area contributed by atoms with Crippen LogP contribution in [0.1, 0.15) is 0 Å². The Labute approximate surface area is 105 Å². The monoisotopic (exact) mass is 251 g/mol. The Kier molecular flexibility index (Phi) is 5.23. The molecule has 0 unspecified atom stereocenters. The first-order valence-electron chi connectivity index (χ1n) is 4.63. The van der Waals surface area contributed by atoms with Gasteiger partial charge in [0.05, 0.1) is 0 Å². The third-order valence-electron chi connectivity index (χ3n) is 1.87. The Morgan fingerprint density at radius 2 is 1.94 bits per heavy atom. The molecule has 0 atom stereocenters. The minimum absolute atomic E-state index is 0.764. The number of benzene rings is 1. The molecule has 0 fully saturated rings. The molecule has 0 aromatic heterocycles. The van der Waals surface area contributed by atoms with Gasteiger partial charge in [-0.15, -0.1) is 11.8 Å². The van der Waals surface area contributed by atoms with Crippen LogP contribution in [0.25, 0.3) is 0 Å². The van der Waals surface area contributed by atoms with Gasteiger partial charge in [-0.3, -0.25) is 0 Å². The Bertz CT molecular complexity index is 404. The predicted octanol–water partition coefficient (Wildman–Crippen LogP) is 3.04. The highest BCUT2D eigenvalue weighted by molar-refractivity contribution is 8.38. The molecule has 0 N–H and O–H groups in total. The Hall–Kier alpha value is -1.12. The zero-order valence-corrected chi connectivity index (χ0v) is 11.1. The van der Waals surface area contributed by atoms with Gasteiger partial charge in [0.15, 0.2) is 0 Å². The van der Waals surface area contributed by atoms with E-state index in [0.29, 0.717) is 0 Å². The van der Waals surface area contributed by atoms with E-state index in [-0.39, 0.29) is 0 Å². The molecule has 1 aromatic carbocycles. The van der Waals surface area contributed by atoms with E-state index in [2.05, 4.69) is 4.99 Å². The van der Waals surface area contributed by atoms with E-state index in [9.17, 15) is 0 Å². The third-order valence-corrected chi connectivity index (χ3v) is 3.84. The van der Waals surface area contributed by atoms with Crippen molar-refractivity contribution in [2.24, 2.45) is 4.99 Å². The largest absolute Gasteiger partial charge is 0.378 e. The lowest BCUT2D eigenvalue weighted by Gasteiger charge is -2.12. The summed E-state index contributed by atoms with van der Waals surface area (Å²) in [6.45, 7) is 0. The minimum Gasteiger partial charge on any atom is -0.378 e. The van der Waals surface area contributed by atoms with Crippen LogP contribution in [0.2, 0.25) is 0 Å². The summed E-state index contributed by atoms with van der Waals surface area (Å²) in [4.78, 5) is 6.87. The van der Waals surface area contributed by atoms with Crippen molar-refractivity contribution < 1.29 is 0 Å². The fourth-order valence-electron chi connectivity index (χ4n) is 1.06. The molecule has 0 bridgehead atoms. The van der Waals surface area contributed by atoms with E-state index < -0.39 is 0 Å². The van der Waals surface area contributed by atoms with E-state index in [1.165, 1.54) is 23.5 Å². The first kappa shape index (κ1) is 12.9. The van der Waals surface area contributed by atoms with Crippen LogP contribution in [0, 0.1) is 11.5 Å². The van der Waals surface area contributed by atoms with Crippen molar-refractivity contribution in [3.05, 3.63) is 24.3 Å². The number of nitrogens with zero attached hydrogens (tertiary/aromatic N) is 3. The topological polar surface area (TPSA) is 39.4 Å². The van der Waals surface area contributed by atoms with Gasteiger partial charge in [0.1, 0.15) is 4.38 Å². The van der Waals surface area contributed by atoms with Gasteiger partial charge in [-0.1, -0.05) is 11.8 Å². The maximum atomic E-state index is 8.49. The van der Waals surface area contributed by atoms with Crippen molar-refractivity contribution in [2.45, 2.75) is 4.90 Å². The Balaban J connectivity index is 2.76. The summed E-state index contributed by atoms with van der Waals surface area (Å²) in [5.41, 5.74) is 1.16. The summed E-state index contributed by atoms with van der Waals surface area (Å²) in [5, 5.41) is 8.49. The highest BCUT2D eigenvalue weighted by Gasteiger charge is 2.02. The maximum absolute atomic E-state index is 8.49. The van der Waals surface area contributed by atoms with Gasteiger partial charge in [-0.25, -0.2) is 0 Å². The summed E-state index contributed by atoms with van der Waals surface area (Å²) in [5.74, 6) is 0. The number of aliphatic imine (C=N–C) groups is 1. The Morgan fingerprint density at radius 3 is 2.38 bits per heavy atom. The van der Waals surface area contributed by atoms with Gasteiger partial charge in [0.25, 0.3) is 0 Å². The zero-order valence-electron chi connectivity index (χ0n) is 9.47. The normalized spacial score (nSPS) is 11.0. The molecule has 1 aromatic rings. The predicted molar refractivity (Wildman–Crippen MR) is 73.2 cm³/mol. The Morgan fingerprint density at radius 1 is 1.31 bits per heavy atom. The number of hydrogen-bond donors (Lipinski definition) is 0. The highest BCUT2D eigenvalue weighted by atomic mass is 32.2. The van der Waals surface area contributed by atoms with Gasteiger partial charge >= 0.3 is 0 Å². The first-order chi connectivity index (χ1) is 7.67. The van der Waals surface area contributed by atoms with Crippen LogP contribution in [0.3, 0.4) is 0 Å². The van der Waals surface area contributed by atoms with Crippen molar-refractivity contribution in [2.75, 3.05) is 25.3 Å². The highest BCUT2D eigenvalue weighted by Crippen LogP contribution is 2.26. The third kappa shape index (κ3) is 3.80. The molecule has 16 heavy (non-hydrogen) atoms. The van der Waals surface area contributed by atoms with E-state index in [1.807, 2.05) is 49.5 Å². The van der Waals surface area contributed by atoms with E-state index in [4.69, 9.17) is 5.26 Å². The molecule has 0 aliphatic rings. The molecular weight excluding hydrogens is 238 g/mol. The molecule has 84 valence electrons. The number of rotatable bonds is 2. The van der Waals surface area contributed by atoms with Crippen LogP contribution in [0.4, 0.5) is 5.69 Å². The van der Waals surface area contributed by atoms with Gasteiger partial charge < -0.3 is 4.90 Å². The minimum atomic E-state index is 0.764. The van der Waals surface area contributed by atoms with Crippen LogP contribution in [-0.2, 0) is 0 Å². The summed E-state index contributed by atoms with van der Waals surface area (Å²) in [6, 6.07) is 8.16. The molecule has 3 nitrogen and oxygen atoms in total. The van der Waals surface area contributed by atoms with E-state index in [0.717, 1.165) is 15.0 Å². The van der Waals surface area contributed by atoms with Crippen LogP contribution in [0.15, 0.2) is 34.2 Å². The van der Waals surface area contributed by atoms with E-state index in [1.54, 1.807) is 6.19 Å². The molecule has 0 aliphatic carbocycles. The maximum Gasteiger partial charge on any atom is 0.207 e. The number of hydrogen-bond acceptors (Lipinski definition) is 5. The van der Waals surface area contributed by atoms with Crippen molar-refractivity contribution in [1.82, 2.24) is 0 Å². The van der Waals surface area contributed by atoms with Crippen LogP contribution in [-0.4, -0.2) is 24.7 Å². The van der Waals surface area contributed by atoms with Crippen LogP contribution < -0.4 is 4.90 Å². The SMILES string of the molecule is CSC(=NC#N)Sc1ccc(N(C)C)cc1. The van der Waals surface area contributed by atoms with Gasteiger partial charge in [-0.05, 0) is 30.5 Å². The second-order valence-corrected chi connectivity index (χ2v) is 5.29. The van der Waals surface area contributed by atoms with Crippen molar-refractivity contribution >= 4 is 33.6 Å². The molecule has 5 heteroatoms. The molecule has 0 radical (unpaired) electrons. The number of nitriles is 1. The quantitative estimate of drug-likeness (QED) is 0.350. The lowest BCUT2D eigenvalue weighted by molar-refractivity contribution is 1.13. The summed E-state index contributed by atoms with van der Waals surface area (Å²) >= 11 is 2.99. The van der Waals surface area contributed by atoms with Crippen molar-refractivity contribution in [1.29, 1.82) is 5.26 Å². The smallest absolute Gasteiger partial charge is 0.207 e. The average Bonchev–Trinajstić information content (AvgIpc) is 2.29. The van der Waals surface area contributed by atoms with Crippen molar-refractivity contribution in [3.8, 4) is 6.19 Å². The van der Waals surface area contributed by atoms with E-state index >= 15 is 0 Å². The second kappa shape index (κ2) is 6.46. The number of anilines is 1. The fraction of sp³-hybridized carbons (Fsp3) is 0.273. The molecular formula is C11H13N3S2. The molecule has 0 amide bonds.